The molecule has 0 saturated heterocycles. The lowest BCUT2D eigenvalue weighted by Gasteiger charge is -2.10. The van der Waals surface area contributed by atoms with Gasteiger partial charge in [0.05, 0.1) is 17.8 Å². The van der Waals surface area contributed by atoms with E-state index < -0.39 is 5.97 Å². The normalized spacial score (nSPS) is 10.7. The van der Waals surface area contributed by atoms with Gasteiger partial charge in [0.1, 0.15) is 5.69 Å². The molecule has 4 aromatic rings. The standard InChI is InChI=1S/C20H13N3O3/c21-9-13-4-5-17-16(6-13)8-18(20(24)25)23(17)11-14-2-1-3-15(7-14)19-10-22-12-26-19/h1-8,10,12H,11H2,(H,24,25). The molecule has 2 aromatic carbocycles. The van der Waals surface area contributed by atoms with E-state index in [4.69, 9.17) is 9.68 Å². The summed E-state index contributed by atoms with van der Waals surface area (Å²) in [5, 5.41) is 19.3. The molecule has 2 aromatic heterocycles. The summed E-state index contributed by atoms with van der Waals surface area (Å²) in [5.41, 5.74) is 3.26. The van der Waals surface area contributed by atoms with E-state index in [1.54, 1.807) is 35.0 Å². The second-order valence-electron chi connectivity index (χ2n) is 5.87. The number of rotatable bonds is 4. The summed E-state index contributed by atoms with van der Waals surface area (Å²) in [6.07, 6.45) is 3.01. The van der Waals surface area contributed by atoms with Crippen LogP contribution in [0.1, 0.15) is 21.6 Å². The number of aromatic carboxylic acids is 1. The van der Waals surface area contributed by atoms with E-state index >= 15 is 0 Å². The van der Waals surface area contributed by atoms with Crippen LogP contribution in [0.5, 0.6) is 0 Å². The van der Waals surface area contributed by atoms with E-state index in [1.807, 2.05) is 24.3 Å². The molecule has 0 atom stereocenters. The second-order valence-corrected chi connectivity index (χ2v) is 5.87. The smallest absolute Gasteiger partial charge is 0.352 e. The molecule has 0 aliphatic rings. The largest absolute Gasteiger partial charge is 0.477 e. The van der Waals surface area contributed by atoms with E-state index in [0.29, 0.717) is 17.9 Å². The Morgan fingerprint density at radius 3 is 2.85 bits per heavy atom. The molecular formula is C20H13N3O3. The number of hydrogen-bond donors (Lipinski definition) is 1. The first kappa shape index (κ1) is 15.7. The lowest BCUT2D eigenvalue weighted by Crippen LogP contribution is -2.09. The van der Waals surface area contributed by atoms with Gasteiger partial charge in [-0.2, -0.15) is 5.26 Å². The Kier molecular flexibility index (Phi) is 3.75. The molecule has 0 bridgehead atoms. The number of oxazole rings is 1. The third-order valence-electron chi connectivity index (χ3n) is 4.23. The number of carbonyl (C=O) groups is 1. The van der Waals surface area contributed by atoms with Crippen LogP contribution in [-0.2, 0) is 6.54 Å². The first-order valence-electron chi connectivity index (χ1n) is 7.90. The molecule has 4 rings (SSSR count). The monoisotopic (exact) mass is 343 g/mol. The van der Waals surface area contributed by atoms with E-state index in [0.717, 1.165) is 22.0 Å². The topological polar surface area (TPSA) is 92.1 Å². The van der Waals surface area contributed by atoms with Crippen molar-refractivity contribution in [1.82, 2.24) is 9.55 Å². The third-order valence-corrected chi connectivity index (χ3v) is 4.23. The van der Waals surface area contributed by atoms with Crippen molar-refractivity contribution in [2.75, 3.05) is 0 Å². The summed E-state index contributed by atoms with van der Waals surface area (Å²) in [5.74, 6) is -0.354. The molecule has 26 heavy (non-hydrogen) atoms. The molecule has 0 radical (unpaired) electrons. The summed E-state index contributed by atoms with van der Waals surface area (Å²) < 4.78 is 7.06. The van der Waals surface area contributed by atoms with Crippen LogP contribution in [0.2, 0.25) is 0 Å². The van der Waals surface area contributed by atoms with Crippen molar-refractivity contribution >= 4 is 16.9 Å². The van der Waals surface area contributed by atoms with Gasteiger partial charge >= 0.3 is 5.97 Å². The van der Waals surface area contributed by atoms with Gasteiger partial charge in [0.2, 0.25) is 0 Å². The number of benzene rings is 2. The van der Waals surface area contributed by atoms with Gasteiger partial charge in [-0.25, -0.2) is 9.78 Å². The van der Waals surface area contributed by atoms with Gasteiger partial charge in [-0.05, 0) is 35.9 Å². The van der Waals surface area contributed by atoms with Crippen molar-refractivity contribution in [1.29, 1.82) is 5.26 Å². The fourth-order valence-electron chi connectivity index (χ4n) is 3.05. The minimum atomic E-state index is -1.01. The fraction of sp³-hybridized carbons (Fsp3) is 0.0500. The number of nitrogens with zero attached hydrogens (tertiary/aromatic N) is 3. The fourth-order valence-corrected chi connectivity index (χ4v) is 3.05. The van der Waals surface area contributed by atoms with Crippen LogP contribution in [0.3, 0.4) is 0 Å². The SMILES string of the molecule is N#Cc1ccc2c(c1)cc(C(=O)O)n2Cc1cccc(-c2cnco2)c1. The van der Waals surface area contributed by atoms with Crippen molar-refractivity contribution in [3.8, 4) is 17.4 Å². The number of carboxylic acid groups (broad SMARTS) is 1. The summed E-state index contributed by atoms with van der Waals surface area (Å²) >= 11 is 0. The van der Waals surface area contributed by atoms with Crippen LogP contribution in [0, 0.1) is 11.3 Å². The van der Waals surface area contributed by atoms with Gasteiger partial charge in [-0.3, -0.25) is 0 Å². The molecule has 0 unspecified atom stereocenters. The molecule has 6 heteroatoms. The molecule has 2 heterocycles. The number of fused-ring (bicyclic) bond motifs is 1. The van der Waals surface area contributed by atoms with Crippen molar-refractivity contribution in [2.24, 2.45) is 0 Å². The highest BCUT2D eigenvalue weighted by Gasteiger charge is 2.15. The van der Waals surface area contributed by atoms with Crippen LogP contribution in [0.15, 0.2) is 65.5 Å². The van der Waals surface area contributed by atoms with Crippen LogP contribution >= 0.6 is 0 Å². The molecule has 6 nitrogen and oxygen atoms in total. The van der Waals surface area contributed by atoms with Gasteiger partial charge < -0.3 is 14.1 Å². The molecule has 1 N–H and O–H groups in total. The summed E-state index contributed by atoms with van der Waals surface area (Å²) in [7, 11) is 0. The quantitative estimate of drug-likeness (QED) is 0.606. The zero-order valence-corrected chi connectivity index (χ0v) is 13.6. The van der Waals surface area contributed by atoms with Gasteiger partial charge in [0, 0.05) is 23.0 Å². The zero-order valence-electron chi connectivity index (χ0n) is 13.6. The maximum absolute atomic E-state index is 11.7. The zero-order chi connectivity index (χ0) is 18.1. The summed E-state index contributed by atoms with van der Waals surface area (Å²) in [6, 6.07) is 16.5. The second kappa shape index (κ2) is 6.22. The number of nitriles is 1. The Morgan fingerprint density at radius 2 is 2.12 bits per heavy atom. The molecule has 126 valence electrons. The Bertz CT molecular complexity index is 1150. The average molecular weight is 343 g/mol. The highest BCUT2D eigenvalue weighted by atomic mass is 16.4. The Morgan fingerprint density at radius 1 is 1.23 bits per heavy atom. The lowest BCUT2D eigenvalue weighted by atomic mass is 10.1. The molecule has 0 spiro atoms. The third kappa shape index (κ3) is 2.72. The van der Waals surface area contributed by atoms with E-state index in [9.17, 15) is 9.90 Å². The maximum atomic E-state index is 11.7. The van der Waals surface area contributed by atoms with E-state index in [2.05, 4.69) is 11.1 Å². The molecule has 0 aliphatic carbocycles. The molecule has 0 amide bonds. The van der Waals surface area contributed by atoms with Crippen LogP contribution in [0.25, 0.3) is 22.2 Å². The number of carboxylic acids is 1. The van der Waals surface area contributed by atoms with E-state index in [-0.39, 0.29) is 5.69 Å². The molecule has 0 aliphatic heterocycles. The van der Waals surface area contributed by atoms with Crippen molar-refractivity contribution < 1.29 is 14.3 Å². The Labute approximate surface area is 148 Å². The van der Waals surface area contributed by atoms with Gasteiger partial charge in [0.25, 0.3) is 0 Å². The van der Waals surface area contributed by atoms with E-state index in [1.165, 1.54) is 6.39 Å². The molecular weight excluding hydrogens is 330 g/mol. The minimum Gasteiger partial charge on any atom is -0.477 e. The van der Waals surface area contributed by atoms with Gasteiger partial charge in [-0.15, -0.1) is 0 Å². The average Bonchev–Trinajstić information content (AvgIpc) is 3.30. The first-order chi connectivity index (χ1) is 12.7. The molecule has 0 saturated carbocycles. The Balaban J connectivity index is 1.80. The van der Waals surface area contributed by atoms with Crippen LogP contribution in [-0.4, -0.2) is 20.6 Å². The van der Waals surface area contributed by atoms with Crippen LogP contribution in [0.4, 0.5) is 0 Å². The predicted octanol–water partition coefficient (Wildman–Crippen LogP) is 3.91. The van der Waals surface area contributed by atoms with Crippen molar-refractivity contribution in [3.05, 3.63) is 77.9 Å². The Hall–Kier alpha value is -3.85. The highest BCUT2D eigenvalue weighted by molar-refractivity contribution is 5.95. The predicted molar refractivity (Wildman–Crippen MR) is 94.7 cm³/mol. The summed E-state index contributed by atoms with van der Waals surface area (Å²) in [6.45, 7) is 0.388. The van der Waals surface area contributed by atoms with Crippen molar-refractivity contribution in [2.45, 2.75) is 6.54 Å². The maximum Gasteiger partial charge on any atom is 0.352 e. The molecule has 0 fully saturated rings. The lowest BCUT2D eigenvalue weighted by molar-refractivity contribution is 0.0686. The minimum absolute atomic E-state index is 0.181. The van der Waals surface area contributed by atoms with Gasteiger partial charge in [-0.1, -0.05) is 18.2 Å². The van der Waals surface area contributed by atoms with Crippen molar-refractivity contribution in [3.63, 3.8) is 0 Å². The summed E-state index contributed by atoms with van der Waals surface area (Å²) in [4.78, 5) is 15.6. The van der Waals surface area contributed by atoms with Crippen LogP contribution < -0.4 is 0 Å². The number of hydrogen-bond acceptors (Lipinski definition) is 4. The number of aromatic nitrogens is 2. The highest BCUT2D eigenvalue weighted by Crippen LogP contribution is 2.25. The van der Waals surface area contributed by atoms with Gasteiger partial charge in [0.15, 0.2) is 12.2 Å². The first-order valence-corrected chi connectivity index (χ1v) is 7.90.